The minimum atomic E-state index is -0.658. The molecule has 0 aliphatic carbocycles. The lowest BCUT2D eigenvalue weighted by molar-refractivity contribution is 0.00256. The smallest absolute Gasteiger partial charge is 0.203 e. The Hall–Kier alpha value is -1.46. The van der Waals surface area contributed by atoms with Gasteiger partial charge < -0.3 is 24.1 Å². The van der Waals surface area contributed by atoms with E-state index in [0.717, 1.165) is 6.42 Å². The lowest BCUT2D eigenvalue weighted by Crippen LogP contribution is -2.23. The molecule has 1 aromatic rings. The molecule has 0 aromatic heterocycles. The normalized spacial score (nSPS) is 12.9. The van der Waals surface area contributed by atoms with Crippen LogP contribution < -0.4 is 14.2 Å². The van der Waals surface area contributed by atoms with Gasteiger partial charge in [-0.3, -0.25) is 0 Å². The number of aliphatic hydroxyl groups excluding tert-OH is 1. The molecule has 1 rings (SSSR count). The van der Waals surface area contributed by atoms with Gasteiger partial charge in [0.1, 0.15) is 0 Å². The summed E-state index contributed by atoms with van der Waals surface area (Å²) in [7, 11) is 6.33. The molecule has 0 saturated heterocycles. The van der Waals surface area contributed by atoms with E-state index >= 15 is 0 Å². The molecule has 1 atom stereocenters. The van der Waals surface area contributed by atoms with E-state index in [9.17, 15) is 5.11 Å². The second-order valence-electron chi connectivity index (χ2n) is 5.44. The number of methoxy groups -OCH3 is 4. The molecule has 0 aliphatic rings. The van der Waals surface area contributed by atoms with Gasteiger partial charge in [-0.25, -0.2) is 0 Å². The van der Waals surface area contributed by atoms with Crippen LogP contribution >= 0.6 is 0 Å². The van der Waals surface area contributed by atoms with E-state index in [1.165, 1.54) is 0 Å². The van der Waals surface area contributed by atoms with Crippen LogP contribution in [0.2, 0.25) is 0 Å². The second kappa shape index (κ2) is 7.52. The van der Waals surface area contributed by atoms with E-state index in [4.69, 9.17) is 18.9 Å². The van der Waals surface area contributed by atoms with Crippen molar-refractivity contribution in [1.82, 2.24) is 0 Å². The molecule has 0 heterocycles. The first kappa shape index (κ1) is 17.6. The van der Waals surface area contributed by atoms with Crippen molar-refractivity contribution in [1.29, 1.82) is 0 Å². The van der Waals surface area contributed by atoms with Gasteiger partial charge >= 0.3 is 0 Å². The Morgan fingerprint density at radius 1 is 1.00 bits per heavy atom. The molecule has 0 spiro atoms. The van der Waals surface area contributed by atoms with Gasteiger partial charge in [-0.1, -0.05) is 0 Å². The molecule has 5 nitrogen and oxygen atoms in total. The summed E-state index contributed by atoms with van der Waals surface area (Å²) in [4.78, 5) is 0. The Bertz CT molecular complexity index is 456. The van der Waals surface area contributed by atoms with E-state index in [-0.39, 0.29) is 5.60 Å². The standard InChI is InChI=1S/C16H26O5/c1-16(2,21-6)10-9-12(17)11-7-8-13(18-3)15(20-5)14(11)19-4/h7-8,12,17H,9-10H2,1-6H3. The van der Waals surface area contributed by atoms with E-state index in [0.29, 0.717) is 29.2 Å². The predicted octanol–water partition coefficient (Wildman–Crippen LogP) is 2.95. The molecule has 5 heteroatoms. The predicted molar refractivity (Wildman–Crippen MR) is 81.4 cm³/mol. The highest BCUT2D eigenvalue weighted by atomic mass is 16.5. The minimum absolute atomic E-state index is 0.273. The minimum Gasteiger partial charge on any atom is -0.493 e. The molecular formula is C16H26O5. The second-order valence-corrected chi connectivity index (χ2v) is 5.44. The molecule has 1 N–H and O–H groups in total. The van der Waals surface area contributed by atoms with Gasteiger partial charge in [0.05, 0.1) is 33.0 Å². The molecule has 1 aromatic carbocycles. The molecule has 1 unspecified atom stereocenters. The average Bonchev–Trinajstić information content (AvgIpc) is 2.50. The zero-order valence-corrected chi connectivity index (χ0v) is 13.7. The first-order chi connectivity index (χ1) is 9.90. The maximum absolute atomic E-state index is 10.4. The molecule has 0 amide bonds. The third kappa shape index (κ3) is 4.25. The van der Waals surface area contributed by atoms with E-state index in [2.05, 4.69) is 0 Å². The lowest BCUT2D eigenvalue weighted by atomic mass is 9.96. The Morgan fingerprint density at radius 2 is 1.62 bits per heavy atom. The van der Waals surface area contributed by atoms with Crippen LogP contribution in [0.25, 0.3) is 0 Å². The third-order valence-corrected chi connectivity index (χ3v) is 3.67. The molecule has 0 radical (unpaired) electrons. The fourth-order valence-electron chi connectivity index (χ4n) is 2.13. The highest BCUT2D eigenvalue weighted by Crippen LogP contribution is 2.43. The van der Waals surface area contributed by atoms with Gasteiger partial charge in [-0.05, 0) is 38.8 Å². The summed E-state index contributed by atoms with van der Waals surface area (Å²) in [5.41, 5.74) is 0.409. The van der Waals surface area contributed by atoms with Crippen molar-refractivity contribution < 1.29 is 24.1 Å². The van der Waals surface area contributed by atoms with Crippen LogP contribution in [0.1, 0.15) is 38.4 Å². The molecule has 0 bridgehead atoms. The van der Waals surface area contributed by atoms with Crippen molar-refractivity contribution in [2.75, 3.05) is 28.4 Å². The Morgan fingerprint density at radius 3 is 2.10 bits per heavy atom. The monoisotopic (exact) mass is 298 g/mol. The molecule has 0 fully saturated rings. The maximum Gasteiger partial charge on any atom is 0.203 e. The summed E-state index contributed by atoms with van der Waals surface area (Å²) in [6.07, 6.45) is 0.628. The van der Waals surface area contributed by atoms with E-state index in [1.54, 1.807) is 40.6 Å². The highest BCUT2D eigenvalue weighted by molar-refractivity contribution is 5.56. The van der Waals surface area contributed by atoms with Gasteiger partial charge in [-0.15, -0.1) is 0 Å². The van der Waals surface area contributed by atoms with Crippen molar-refractivity contribution in [2.45, 2.75) is 38.4 Å². The zero-order valence-electron chi connectivity index (χ0n) is 13.7. The topological polar surface area (TPSA) is 57.2 Å². The number of aliphatic hydroxyl groups is 1. The molecular weight excluding hydrogens is 272 g/mol. The van der Waals surface area contributed by atoms with Crippen molar-refractivity contribution in [3.05, 3.63) is 17.7 Å². The van der Waals surface area contributed by atoms with Crippen molar-refractivity contribution in [3.8, 4) is 17.2 Å². The lowest BCUT2D eigenvalue weighted by Gasteiger charge is -2.25. The zero-order chi connectivity index (χ0) is 16.0. The quantitative estimate of drug-likeness (QED) is 0.799. The molecule has 21 heavy (non-hydrogen) atoms. The molecule has 120 valence electrons. The number of ether oxygens (including phenoxy) is 4. The van der Waals surface area contributed by atoms with Crippen LogP contribution in [0.15, 0.2) is 12.1 Å². The van der Waals surface area contributed by atoms with Crippen molar-refractivity contribution in [3.63, 3.8) is 0 Å². The Kier molecular flexibility index (Phi) is 6.30. The van der Waals surface area contributed by atoms with Crippen LogP contribution in [0, 0.1) is 0 Å². The fraction of sp³-hybridized carbons (Fsp3) is 0.625. The summed E-state index contributed by atoms with van der Waals surface area (Å²) in [5, 5.41) is 10.4. The van der Waals surface area contributed by atoms with E-state index < -0.39 is 6.10 Å². The Balaban J connectivity index is 3.01. The fourth-order valence-corrected chi connectivity index (χ4v) is 2.13. The third-order valence-electron chi connectivity index (χ3n) is 3.67. The van der Waals surface area contributed by atoms with Gasteiger partial charge in [0.2, 0.25) is 5.75 Å². The summed E-state index contributed by atoms with van der Waals surface area (Å²) >= 11 is 0. The van der Waals surface area contributed by atoms with Gasteiger partial charge in [0, 0.05) is 12.7 Å². The number of benzene rings is 1. The van der Waals surface area contributed by atoms with Gasteiger partial charge in [0.25, 0.3) is 0 Å². The summed E-state index contributed by atoms with van der Waals surface area (Å²) in [6.45, 7) is 3.98. The van der Waals surface area contributed by atoms with Crippen molar-refractivity contribution in [2.24, 2.45) is 0 Å². The number of hydrogen-bond acceptors (Lipinski definition) is 5. The van der Waals surface area contributed by atoms with E-state index in [1.807, 2.05) is 13.8 Å². The Labute approximate surface area is 126 Å². The van der Waals surface area contributed by atoms with Crippen LogP contribution in [0.5, 0.6) is 17.2 Å². The maximum atomic E-state index is 10.4. The summed E-state index contributed by atoms with van der Waals surface area (Å²) in [5.74, 6) is 1.56. The average molecular weight is 298 g/mol. The van der Waals surface area contributed by atoms with Gasteiger partial charge in [0.15, 0.2) is 11.5 Å². The SMILES string of the molecule is COc1ccc(C(O)CCC(C)(C)OC)c(OC)c1OC. The first-order valence-electron chi connectivity index (χ1n) is 6.92. The van der Waals surface area contributed by atoms with Crippen LogP contribution in [-0.4, -0.2) is 39.1 Å². The van der Waals surface area contributed by atoms with Crippen molar-refractivity contribution >= 4 is 0 Å². The van der Waals surface area contributed by atoms with Crippen LogP contribution in [0.4, 0.5) is 0 Å². The summed E-state index contributed by atoms with van der Waals surface area (Å²) in [6, 6.07) is 3.56. The molecule has 0 saturated carbocycles. The number of hydrogen-bond donors (Lipinski definition) is 1. The largest absolute Gasteiger partial charge is 0.493 e. The van der Waals surface area contributed by atoms with Gasteiger partial charge in [-0.2, -0.15) is 0 Å². The first-order valence-corrected chi connectivity index (χ1v) is 6.92. The highest BCUT2D eigenvalue weighted by Gasteiger charge is 2.24. The van der Waals surface area contributed by atoms with Crippen LogP contribution in [0.3, 0.4) is 0 Å². The molecule has 0 aliphatic heterocycles. The summed E-state index contributed by atoms with van der Waals surface area (Å²) < 4.78 is 21.3. The van der Waals surface area contributed by atoms with Crippen LogP contribution in [-0.2, 0) is 4.74 Å². The number of rotatable bonds is 8.